The Bertz CT molecular complexity index is 823. The topological polar surface area (TPSA) is 29.3 Å². The van der Waals surface area contributed by atoms with E-state index >= 15 is 0 Å². The number of imidazole rings is 1. The van der Waals surface area contributed by atoms with Crippen molar-refractivity contribution < 1.29 is 0 Å². The summed E-state index contributed by atoms with van der Waals surface area (Å²) < 4.78 is 2.16. The van der Waals surface area contributed by atoms with E-state index in [1.807, 2.05) is 0 Å². The summed E-state index contributed by atoms with van der Waals surface area (Å²) in [6.45, 7) is 10.9. The molecule has 0 amide bonds. The summed E-state index contributed by atoms with van der Waals surface area (Å²) in [4.78, 5) is 4.87. The number of aromatic nitrogens is 2. The van der Waals surface area contributed by atoms with Crippen molar-refractivity contribution in [2.24, 2.45) is 5.92 Å². The molecule has 3 rings (SSSR count). The maximum absolute atomic E-state index is 4.87. The minimum atomic E-state index is 0.569. The SMILES string of the molecule is Cc1ccn2c(Nc3c(C)cccc3C)c(CC(C)C)nc2c1. The predicted molar refractivity (Wildman–Crippen MR) is 97.7 cm³/mol. The molecule has 120 valence electrons. The number of nitrogens with zero attached hydrogens (tertiary/aromatic N) is 2. The highest BCUT2D eigenvalue weighted by atomic mass is 15.1. The third kappa shape index (κ3) is 3.09. The van der Waals surface area contributed by atoms with Gasteiger partial charge in [0.05, 0.1) is 5.69 Å². The standard InChI is InChI=1S/C20H25N3/c1-13(2)11-17-20(22-19-15(4)7-6-8-16(19)5)23-10-9-14(3)12-18(23)21-17/h6-10,12-13,22H,11H2,1-5H3. The Balaban J connectivity index is 2.14. The smallest absolute Gasteiger partial charge is 0.138 e. The second kappa shape index (κ2) is 6.07. The molecule has 1 aromatic carbocycles. The molecule has 0 radical (unpaired) electrons. The van der Waals surface area contributed by atoms with Crippen molar-refractivity contribution in [1.82, 2.24) is 9.38 Å². The predicted octanol–water partition coefficient (Wildman–Crippen LogP) is 5.20. The van der Waals surface area contributed by atoms with Crippen molar-refractivity contribution in [2.75, 3.05) is 5.32 Å². The normalized spacial score (nSPS) is 11.4. The molecule has 0 aliphatic carbocycles. The lowest BCUT2D eigenvalue weighted by Crippen LogP contribution is -2.03. The monoisotopic (exact) mass is 307 g/mol. The highest BCUT2D eigenvalue weighted by molar-refractivity contribution is 5.69. The molecular weight excluding hydrogens is 282 g/mol. The van der Waals surface area contributed by atoms with E-state index < -0.39 is 0 Å². The Hall–Kier alpha value is -2.29. The van der Waals surface area contributed by atoms with E-state index in [-0.39, 0.29) is 0 Å². The third-order valence-corrected chi connectivity index (χ3v) is 4.18. The Kier molecular flexibility index (Phi) is 4.12. The maximum Gasteiger partial charge on any atom is 0.138 e. The molecule has 0 spiro atoms. The number of anilines is 2. The lowest BCUT2D eigenvalue weighted by molar-refractivity contribution is 0.639. The minimum Gasteiger partial charge on any atom is -0.339 e. The van der Waals surface area contributed by atoms with Crippen molar-refractivity contribution in [3.05, 3.63) is 58.9 Å². The van der Waals surface area contributed by atoms with Gasteiger partial charge in [-0.25, -0.2) is 4.98 Å². The van der Waals surface area contributed by atoms with Gasteiger partial charge in [0.15, 0.2) is 0 Å². The second-order valence-corrected chi connectivity index (χ2v) is 6.83. The average Bonchev–Trinajstić information content (AvgIpc) is 2.78. The molecule has 0 fully saturated rings. The van der Waals surface area contributed by atoms with Crippen molar-refractivity contribution in [3.63, 3.8) is 0 Å². The van der Waals surface area contributed by atoms with E-state index in [0.717, 1.165) is 23.6 Å². The van der Waals surface area contributed by atoms with Crippen molar-refractivity contribution in [1.29, 1.82) is 0 Å². The van der Waals surface area contributed by atoms with Crippen LogP contribution in [0.25, 0.3) is 5.65 Å². The van der Waals surface area contributed by atoms with Gasteiger partial charge in [-0.05, 0) is 61.9 Å². The summed E-state index contributed by atoms with van der Waals surface area (Å²) in [6, 6.07) is 10.7. The number of aryl methyl sites for hydroxylation is 3. The fourth-order valence-corrected chi connectivity index (χ4v) is 2.99. The van der Waals surface area contributed by atoms with Gasteiger partial charge in [-0.3, -0.25) is 4.40 Å². The third-order valence-electron chi connectivity index (χ3n) is 4.18. The van der Waals surface area contributed by atoms with Crippen LogP contribution in [-0.4, -0.2) is 9.38 Å². The molecule has 23 heavy (non-hydrogen) atoms. The van der Waals surface area contributed by atoms with E-state index in [1.165, 1.54) is 22.4 Å². The number of rotatable bonds is 4. The zero-order valence-corrected chi connectivity index (χ0v) is 14.6. The molecule has 0 aliphatic heterocycles. The van der Waals surface area contributed by atoms with E-state index in [0.29, 0.717) is 5.92 Å². The van der Waals surface area contributed by atoms with Gasteiger partial charge >= 0.3 is 0 Å². The van der Waals surface area contributed by atoms with Gasteiger partial charge < -0.3 is 5.32 Å². The number of hydrogen-bond acceptors (Lipinski definition) is 2. The fourth-order valence-electron chi connectivity index (χ4n) is 2.99. The highest BCUT2D eigenvalue weighted by Gasteiger charge is 2.15. The Morgan fingerprint density at radius 3 is 2.43 bits per heavy atom. The van der Waals surface area contributed by atoms with E-state index in [4.69, 9.17) is 4.98 Å². The van der Waals surface area contributed by atoms with Crippen LogP contribution in [0.1, 0.15) is 36.2 Å². The molecule has 3 nitrogen and oxygen atoms in total. The molecule has 3 heteroatoms. The second-order valence-electron chi connectivity index (χ2n) is 6.83. The first kappa shape index (κ1) is 15.6. The molecule has 0 saturated carbocycles. The molecule has 2 heterocycles. The molecule has 0 atom stereocenters. The van der Waals surface area contributed by atoms with Crippen LogP contribution < -0.4 is 5.32 Å². The molecule has 0 unspecified atom stereocenters. The van der Waals surface area contributed by atoms with E-state index in [2.05, 4.69) is 80.9 Å². The molecule has 3 aromatic rings. The van der Waals surface area contributed by atoms with Crippen molar-refractivity contribution in [3.8, 4) is 0 Å². The first-order chi connectivity index (χ1) is 11.0. The van der Waals surface area contributed by atoms with Gasteiger partial charge in [0.1, 0.15) is 11.5 Å². The van der Waals surface area contributed by atoms with Crippen LogP contribution in [0.2, 0.25) is 0 Å². The van der Waals surface area contributed by atoms with Gasteiger partial charge in [0, 0.05) is 11.9 Å². The first-order valence-corrected chi connectivity index (χ1v) is 8.26. The van der Waals surface area contributed by atoms with Crippen LogP contribution in [0.3, 0.4) is 0 Å². The zero-order valence-electron chi connectivity index (χ0n) is 14.6. The molecule has 0 bridgehead atoms. The zero-order chi connectivity index (χ0) is 16.6. The van der Waals surface area contributed by atoms with Crippen molar-refractivity contribution >= 4 is 17.2 Å². The number of pyridine rings is 1. The van der Waals surface area contributed by atoms with Crippen LogP contribution in [-0.2, 0) is 6.42 Å². The van der Waals surface area contributed by atoms with E-state index in [1.54, 1.807) is 0 Å². The Morgan fingerprint density at radius 2 is 1.78 bits per heavy atom. The van der Waals surface area contributed by atoms with Crippen LogP contribution in [0, 0.1) is 26.7 Å². The van der Waals surface area contributed by atoms with Gasteiger partial charge in [-0.2, -0.15) is 0 Å². The van der Waals surface area contributed by atoms with Crippen LogP contribution >= 0.6 is 0 Å². The first-order valence-electron chi connectivity index (χ1n) is 8.26. The molecular formula is C20H25N3. The fraction of sp³-hybridized carbons (Fsp3) is 0.350. The number of hydrogen-bond donors (Lipinski definition) is 1. The molecule has 0 aliphatic rings. The highest BCUT2D eigenvalue weighted by Crippen LogP contribution is 2.29. The van der Waals surface area contributed by atoms with Gasteiger partial charge in [-0.1, -0.05) is 32.0 Å². The maximum atomic E-state index is 4.87. The quantitative estimate of drug-likeness (QED) is 0.717. The summed E-state index contributed by atoms with van der Waals surface area (Å²) in [7, 11) is 0. The van der Waals surface area contributed by atoms with Crippen LogP contribution in [0.4, 0.5) is 11.5 Å². The molecule has 2 aromatic heterocycles. The minimum absolute atomic E-state index is 0.569. The number of para-hydroxylation sites is 1. The molecule has 0 saturated heterocycles. The molecule has 1 N–H and O–H groups in total. The van der Waals surface area contributed by atoms with Gasteiger partial charge in [-0.15, -0.1) is 0 Å². The van der Waals surface area contributed by atoms with E-state index in [9.17, 15) is 0 Å². The summed E-state index contributed by atoms with van der Waals surface area (Å²) in [5.74, 6) is 1.66. The van der Waals surface area contributed by atoms with Crippen LogP contribution in [0.5, 0.6) is 0 Å². The lowest BCUT2D eigenvalue weighted by atomic mass is 10.1. The van der Waals surface area contributed by atoms with Gasteiger partial charge in [0.25, 0.3) is 0 Å². The Labute approximate surface area is 138 Å². The number of benzene rings is 1. The summed E-state index contributed by atoms with van der Waals surface area (Å²) in [5, 5.41) is 3.66. The summed E-state index contributed by atoms with van der Waals surface area (Å²) in [6.07, 6.45) is 3.07. The largest absolute Gasteiger partial charge is 0.339 e. The Morgan fingerprint density at radius 1 is 1.09 bits per heavy atom. The lowest BCUT2D eigenvalue weighted by Gasteiger charge is -2.14. The average molecular weight is 307 g/mol. The van der Waals surface area contributed by atoms with Gasteiger partial charge in [0.2, 0.25) is 0 Å². The van der Waals surface area contributed by atoms with Crippen LogP contribution in [0.15, 0.2) is 36.5 Å². The van der Waals surface area contributed by atoms with Crippen molar-refractivity contribution in [2.45, 2.75) is 41.0 Å². The number of nitrogens with one attached hydrogen (secondary N) is 1. The summed E-state index contributed by atoms with van der Waals surface area (Å²) >= 11 is 0. The number of fused-ring (bicyclic) bond motifs is 1. The summed E-state index contributed by atoms with van der Waals surface area (Å²) in [5.41, 5.74) is 7.06.